The van der Waals surface area contributed by atoms with Gasteiger partial charge in [-0.05, 0) is 19.1 Å². The molecule has 106 valence electrons. The van der Waals surface area contributed by atoms with Crippen molar-refractivity contribution in [2.75, 3.05) is 20.8 Å². The monoisotopic (exact) mass is 277 g/mol. The van der Waals surface area contributed by atoms with Crippen molar-refractivity contribution < 1.29 is 23.9 Å². The summed E-state index contributed by atoms with van der Waals surface area (Å²) in [5, 5.41) is 3.92. The molecule has 0 aliphatic carbocycles. The maximum atomic E-state index is 11.9. The van der Waals surface area contributed by atoms with E-state index in [2.05, 4.69) is 9.89 Å². The first kappa shape index (κ1) is 14.0. The molecule has 6 nitrogen and oxygen atoms in total. The van der Waals surface area contributed by atoms with Crippen molar-refractivity contribution in [3.63, 3.8) is 0 Å². The summed E-state index contributed by atoms with van der Waals surface area (Å²) in [6, 6.07) is 6.61. The predicted molar refractivity (Wildman–Crippen MR) is 70.4 cm³/mol. The van der Waals surface area contributed by atoms with Crippen molar-refractivity contribution in [3.8, 4) is 0 Å². The third kappa shape index (κ3) is 2.24. The van der Waals surface area contributed by atoms with Crippen LogP contribution in [0.1, 0.15) is 22.8 Å². The Balaban J connectivity index is 2.32. The quantitative estimate of drug-likeness (QED) is 0.780. The summed E-state index contributed by atoms with van der Waals surface area (Å²) in [7, 11) is 2.64. The van der Waals surface area contributed by atoms with Crippen LogP contribution in [0.15, 0.2) is 29.4 Å². The molecule has 1 unspecified atom stereocenters. The van der Waals surface area contributed by atoms with Crippen molar-refractivity contribution >= 4 is 17.7 Å². The summed E-state index contributed by atoms with van der Waals surface area (Å²) in [6.45, 7) is 1.84. The first-order valence-electron chi connectivity index (χ1n) is 6.00. The number of ether oxygens (including phenoxy) is 2. The smallest absolute Gasteiger partial charge is 0.337 e. The number of oxime groups is 1. The molecule has 0 N–H and O–H groups in total. The average Bonchev–Trinajstić information content (AvgIpc) is 2.89. The molecule has 1 aromatic carbocycles. The number of carbonyl (C=O) groups excluding carboxylic acids is 2. The van der Waals surface area contributed by atoms with Gasteiger partial charge in [0.1, 0.15) is 17.7 Å². The molecule has 1 aliphatic heterocycles. The molecular formula is C14H15NO5. The van der Waals surface area contributed by atoms with E-state index < -0.39 is 17.4 Å². The lowest BCUT2D eigenvalue weighted by Gasteiger charge is -2.20. The molecule has 1 aromatic rings. The summed E-state index contributed by atoms with van der Waals surface area (Å²) in [5.74, 6) is -0.831. The third-order valence-corrected chi connectivity index (χ3v) is 3.25. The lowest BCUT2D eigenvalue weighted by molar-refractivity contribution is -0.149. The number of methoxy groups -OCH3 is 2. The maximum absolute atomic E-state index is 11.9. The Kier molecular flexibility index (Phi) is 3.74. The van der Waals surface area contributed by atoms with Gasteiger partial charge in [0.25, 0.3) is 0 Å². The highest BCUT2D eigenvalue weighted by atomic mass is 16.6. The van der Waals surface area contributed by atoms with Crippen LogP contribution in [0.5, 0.6) is 0 Å². The lowest BCUT2D eigenvalue weighted by atomic mass is 9.82. The highest BCUT2D eigenvalue weighted by molar-refractivity contribution is 6.16. The Labute approximate surface area is 116 Å². The number of benzene rings is 1. The lowest BCUT2D eigenvalue weighted by Crippen LogP contribution is -2.38. The Bertz CT molecular complexity index is 563. The van der Waals surface area contributed by atoms with E-state index in [-0.39, 0.29) is 6.61 Å². The summed E-state index contributed by atoms with van der Waals surface area (Å²) in [5.41, 5.74) is 0.668. The van der Waals surface area contributed by atoms with Crippen molar-refractivity contribution in [3.05, 3.63) is 35.4 Å². The van der Waals surface area contributed by atoms with E-state index in [1.807, 2.05) is 0 Å². The second-order valence-corrected chi connectivity index (χ2v) is 4.61. The van der Waals surface area contributed by atoms with Gasteiger partial charge in [-0.3, -0.25) is 4.79 Å². The standard InChI is InChI=1S/C14H15NO5/c1-14(13(17)19-3)8-20-15-11(14)9-4-6-10(7-5-9)12(16)18-2/h4-7H,8H2,1-3H3. The fraction of sp³-hybridized carbons (Fsp3) is 0.357. The van der Waals surface area contributed by atoms with Crippen molar-refractivity contribution in [2.24, 2.45) is 10.6 Å². The molecule has 0 aromatic heterocycles. The van der Waals surface area contributed by atoms with Crippen molar-refractivity contribution in [1.29, 1.82) is 0 Å². The van der Waals surface area contributed by atoms with Gasteiger partial charge in [0.15, 0.2) is 0 Å². The Morgan fingerprint density at radius 2 is 1.85 bits per heavy atom. The number of nitrogens with zero attached hydrogens (tertiary/aromatic N) is 1. The van der Waals surface area contributed by atoms with Gasteiger partial charge in [-0.25, -0.2) is 4.79 Å². The van der Waals surface area contributed by atoms with E-state index >= 15 is 0 Å². The fourth-order valence-electron chi connectivity index (χ4n) is 2.03. The van der Waals surface area contributed by atoms with Gasteiger partial charge in [-0.1, -0.05) is 17.3 Å². The zero-order valence-corrected chi connectivity index (χ0v) is 11.5. The molecule has 0 radical (unpaired) electrons. The Morgan fingerprint density at radius 1 is 1.20 bits per heavy atom. The van der Waals surface area contributed by atoms with Gasteiger partial charge >= 0.3 is 11.9 Å². The predicted octanol–water partition coefficient (Wildman–Crippen LogP) is 1.39. The van der Waals surface area contributed by atoms with Gasteiger partial charge in [0.2, 0.25) is 0 Å². The second-order valence-electron chi connectivity index (χ2n) is 4.61. The van der Waals surface area contributed by atoms with Crippen LogP contribution in [0.4, 0.5) is 0 Å². The highest BCUT2D eigenvalue weighted by Gasteiger charge is 2.45. The molecule has 20 heavy (non-hydrogen) atoms. The Hall–Kier alpha value is -2.37. The second kappa shape index (κ2) is 5.32. The molecule has 0 saturated carbocycles. The molecule has 0 amide bonds. The van der Waals surface area contributed by atoms with Crippen LogP contribution >= 0.6 is 0 Å². The molecule has 2 rings (SSSR count). The van der Waals surface area contributed by atoms with Gasteiger partial charge < -0.3 is 14.3 Å². The van der Waals surface area contributed by atoms with Gasteiger partial charge in [0.05, 0.1) is 19.8 Å². The van der Waals surface area contributed by atoms with E-state index in [1.165, 1.54) is 14.2 Å². The number of hydrogen-bond acceptors (Lipinski definition) is 6. The van der Waals surface area contributed by atoms with Crippen LogP contribution in [0.2, 0.25) is 0 Å². The SMILES string of the molecule is COC(=O)c1ccc(C2=NOCC2(C)C(=O)OC)cc1. The normalized spacial score (nSPS) is 20.9. The average molecular weight is 277 g/mol. The summed E-state index contributed by atoms with van der Waals surface area (Å²) < 4.78 is 9.42. The molecule has 0 spiro atoms. The number of carbonyl (C=O) groups is 2. The van der Waals surface area contributed by atoms with E-state index in [4.69, 9.17) is 9.57 Å². The zero-order valence-electron chi connectivity index (χ0n) is 11.5. The fourth-order valence-corrected chi connectivity index (χ4v) is 2.03. The first-order valence-corrected chi connectivity index (χ1v) is 6.00. The van der Waals surface area contributed by atoms with Gasteiger partial charge in [0, 0.05) is 5.56 Å². The number of esters is 2. The summed E-state index contributed by atoms with van der Waals surface area (Å²) in [6.07, 6.45) is 0. The molecule has 0 fully saturated rings. The molecule has 1 heterocycles. The molecule has 0 bridgehead atoms. The molecule has 6 heteroatoms. The third-order valence-electron chi connectivity index (χ3n) is 3.25. The van der Waals surface area contributed by atoms with Crippen molar-refractivity contribution in [2.45, 2.75) is 6.92 Å². The molecule has 1 aliphatic rings. The van der Waals surface area contributed by atoms with Crippen LogP contribution in [0, 0.1) is 5.41 Å². The van der Waals surface area contributed by atoms with E-state index in [9.17, 15) is 9.59 Å². The van der Waals surface area contributed by atoms with Crippen LogP contribution in [0.25, 0.3) is 0 Å². The van der Waals surface area contributed by atoms with Crippen LogP contribution in [0.3, 0.4) is 0 Å². The molecule has 0 saturated heterocycles. The van der Waals surface area contributed by atoms with E-state index in [0.29, 0.717) is 16.8 Å². The minimum atomic E-state index is -0.943. The largest absolute Gasteiger partial charge is 0.468 e. The van der Waals surface area contributed by atoms with Gasteiger partial charge in [-0.2, -0.15) is 0 Å². The molecule has 1 atom stereocenters. The first-order chi connectivity index (χ1) is 9.52. The van der Waals surface area contributed by atoms with Gasteiger partial charge in [-0.15, -0.1) is 0 Å². The minimum Gasteiger partial charge on any atom is -0.468 e. The zero-order chi connectivity index (χ0) is 14.8. The maximum Gasteiger partial charge on any atom is 0.337 e. The minimum absolute atomic E-state index is 0.133. The van der Waals surface area contributed by atoms with E-state index in [1.54, 1.807) is 31.2 Å². The highest BCUT2D eigenvalue weighted by Crippen LogP contribution is 2.30. The number of rotatable bonds is 3. The topological polar surface area (TPSA) is 74.2 Å². The Morgan fingerprint density at radius 3 is 2.40 bits per heavy atom. The summed E-state index contributed by atoms with van der Waals surface area (Å²) in [4.78, 5) is 28.3. The van der Waals surface area contributed by atoms with Crippen LogP contribution in [-0.4, -0.2) is 38.5 Å². The summed E-state index contributed by atoms with van der Waals surface area (Å²) >= 11 is 0. The van der Waals surface area contributed by atoms with E-state index in [0.717, 1.165) is 0 Å². The molecular weight excluding hydrogens is 262 g/mol. The number of hydrogen-bond donors (Lipinski definition) is 0. The van der Waals surface area contributed by atoms with Crippen LogP contribution in [-0.2, 0) is 19.1 Å². The van der Waals surface area contributed by atoms with Crippen molar-refractivity contribution in [1.82, 2.24) is 0 Å². The van der Waals surface area contributed by atoms with Crippen LogP contribution < -0.4 is 0 Å².